The Balaban J connectivity index is 2.25. The van der Waals surface area contributed by atoms with Gasteiger partial charge in [0.25, 0.3) is 0 Å². The molecule has 0 aromatic heterocycles. The lowest BCUT2D eigenvalue weighted by molar-refractivity contribution is -0.106. The van der Waals surface area contributed by atoms with Gasteiger partial charge in [-0.2, -0.15) is 0 Å². The second kappa shape index (κ2) is 7.77. The van der Waals surface area contributed by atoms with Crippen LogP contribution in [0.2, 0.25) is 0 Å². The van der Waals surface area contributed by atoms with Gasteiger partial charge in [0, 0.05) is 24.3 Å². The lowest BCUT2D eigenvalue weighted by Crippen LogP contribution is -2.09. The van der Waals surface area contributed by atoms with E-state index >= 15 is 0 Å². The van der Waals surface area contributed by atoms with Crippen LogP contribution in [0.25, 0.3) is 0 Å². The highest BCUT2D eigenvalue weighted by Gasteiger charge is 2.15. The van der Waals surface area contributed by atoms with Crippen LogP contribution in [0.1, 0.15) is 28.5 Å². The molecule has 0 saturated heterocycles. The zero-order valence-corrected chi connectivity index (χ0v) is 14.9. The topological polar surface area (TPSA) is 27.7 Å². The molecule has 0 unspecified atom stereocenters. The van der Waals surface area contributed by atoms with Gasteiger partial charge in [-0.3, -0.25) is 0 Å². The summed E-state index contributed by atoms with van der Waals surface area (Å²) < 4.78 is 17.7. The molecular weight excluding hydrogens is 344 g/mol. The third kappa shape index (κ3) is 4.09. The van der Waals surface area contributed by atoms with Crippen molar-refractivity contribution in [2.75, 3.05) is 14.2 Å². The van der Waals surface area contributed by atoms with Crippen LogP contribution in [0.15, 0.2) is 40.9 Å². The average molecular weight is 365 g/mol. The molecule has 0 spiro atoms. The molecule has 0 amide bonds. The second-order valence-corrected chi connectivity index (χ2v) is 6.12. The molecule has 0 aliphatic rings. The number of ether oxygens (including phenoxy) is 3. The maximum Gasteiger partial charge on any atom is 0.183 e. The van der Waals surface area contributed by atoms with E-state index in [2.05, 4.69) is 41.1 Å². The first-order chi connectivity index (χ1) is 10.5. The molecule has 0 radical (unpaired) electrons. The summed E-state index contributed by atoms with van der Waals surface area (Å²) in [6, 6.07) is 12.2. The summed E-state index contributed by atoms with van der Waals surface area (Å²) in [7, 11) is 3.26. The van der Waals surface area contributed by atoms with E-state index < -0.39 is 6.29 Å². The SMILES string of the molecule is COC(OC)c1ccc(Br)cc1COc1cc(C)ccc1C. The highest BCUT2D eigenvalue weighted by Crippen LogP contribution is 2.27. The van der Waals surface area contributed by atoms with E-state index in [0.29, 0.717) is 6.61 Å². The Morgan fingerprint density at radius 3 is 2.41 bits per heavy atom. The fourth-order valence-electron chi connectivity index (χ4n) is 2.30. The number of halogens is 1. The molecule has 0 saturated carbocycles. The van der Waals surface area contributed by atoms with Gasteiger partial charge in [0.2, 0.25) is 0 Å². The first kappa shape index (κ1) is 17.0. The highest BCUT2D eigenvalue weighted by atomic mass is 79.9. The number of rotatable bonds is 6. The van der Waals surface area contributed by atoms with Gasteiger partial charge >= 0.3 is 0 Å². The van der Waals surface area contributed by atoms with Crippen LogP contribution < -0.4 is 4.74 Å². The van der Waals surface area contributed by atoms with E-state index in [4.69, 9.17) is 14.2 Å². The number of hydrogen-bond donors (Lipinski definition) is 0. The summed E-state index contributed by atoms with van der Waals surface area (Å²) in [6.45, 7) is 4.56. The van der Waals surface area contributed by atoms with Crippen LogP contribution in [0, 0.1) is 13.8 Å². The van der Waals surface area contributed by atoms with E-state index in [0.717, 1.165) is 26.9 Å². The van der Waals surface area contributed by atoms with E-state index in [1.165, 1.54) is 5.56 Å². The van der Waals surface area contributed by atoms with Crippen molar-refractivity contribution in [2.24, 2.45) is 0 Å². The van der Waals surface area contributed by atoms with Crippen molar-refractivity contribution >= 4 is 15.9 Å². The van der Waals surface area contributed by atoms with Crippen molar-refractivity contribution in [3.63, 3.8) is 0 Å². The van der Waals surface area contributed by atoms with Crippen molar-refractivity contribution in [1.29, 1.82) is 0 Å². The predicted octanol–water partition coefficient (Wildman–Crippen LogP) is 4.94. The Bertz CT molecular complexity index is 636. The summed E-state index contributed by atoms with van der Waals surface area (Å²) >= 11 is 3.50. The molecule has 2 rings (SSSR count). The van der Waals surface area contributed by atoms with Crippen LogP contribution in [0.4, 0.5) is 0 Å². The molecular formula is C18H21BrO3. The molecule has 0 fully saturated rings. The van der Waals surface area contributed by atoms with Gasteiger partial charge in [-0.15, -0.1) is 0 Å². The summed E-state index contributed by atoms with van der Waals surface area (Å²) in [5.74, 6) is 0.900. The predicted molar refractivity (Wildman–Crippen MR) is 91.1 cm³/mol. The first-order valence-corrected chi connectivity index (χ1v) is 7.88. The van der Waals surface area contributed by atoms with Crippen molar-refractivity contribution in [1.82, 2.24) is 0 Å². The Morgan fingerprint density at radius 1 is 1.00 bits per heavy atom. The zero-order valence-electron chi connectivity index (χ0n) is 13.4. The van der Waals surface area contributed by atoms with Crippen LogP contribution in [-0.4, -0.2) is 14.2 Å². The van der Waals surface area contributed by atoms with Crippen LogP contribution in [0.5, 0.6) is 5.75 Å². The van der Waals surface area contributed by atoms with Crippen molar-refractivity contribution in [3.05, 3.63) is 63.1 Å². The first-order valence-electron chi connectivity index (χ1n) is 7.09. The van der Waals surface area contributed by atoms with Gasteiger partial charge in [-0.05, 0) is 48.7 Å². The minimum Gasteiger partial charge on any atom is -0.489 e. The third-order valence-electron chi connectivity index (χ3n) is 3.51. The maximum absolute atomic E-state index is 6.01. The summed E-state index contributed by atoms with van der Waals surface area (Å²) in [5.41, 5.74) is 4.31. The van der Waals surface area contributed by atoms with E-state index in [-0.39, 0.29) is 0 Å². The van der Waals surface area contributed by atoms with E-state index in [1.807, 2.05) is 25.1 Å². The van der Waals surface area contributed by atoms with Crippen LogP contribution in [0.3, 0.4) is 0 Å². The number of benzene rings is 2. The number of hydrogen-bond acceptors (Lipinski definition) is 3. The lowest BCUT2D eigenvalue weighted by Gasteiger charge is -2.19. The smallest absolute Gasteiger partial charge is 0.183 e. The largest absolute Gasteiger partial charge is 0.489 e. The Labute approximate surface area is 140 Å². The van der Waals surface area contributed by atoms with Gasteiger partial charge in [-0.25, -0.2) is 0 Å². The van der Waals surface area contributed by atoms with E-state index in [9.17, 15) is 0 Å². The maximum atomic E-state index is 6.01. The van der Waals surface area contributed by atoms with Crippen molar-refractivity contribution in [3.8, 4) is 5.75 Å². The minimum absolute atomic E-state index is 0.398. The Kier molecular flexibility index (Phi) is 6.00. The minimum atomic E-state index is -0.398. The molecule has 0 bridgehead atoms. The van der Waals surface area contributed by atoms with Crippen molar-refractivity contribution < 1.29 is 14.2 Å². The van der Waals surface area contributed by atoms with Gasteiger partial charge < -0.3 is 14.2 Å². The molecule has 0 atom stereocenters. The van der Waals surface area contributed by atoms with Gasteiger partial charge in [0.05, 0.1) is 0 Å². The molecule has 118 valence electrons. The Morgan fingerprint density at radius 2 is 1.73 bits per heavy atom. The fourth-order valence-corrected chi connectivity index (χ4v) is 2.71. The van der Waals surface area contributed by atoms with Crippen molar-refractivity contribution in [2.45, 2.75) is 26.7 Å². The molecule has 0 N–H and O–H groups in total. The quantitative estimate of drug-likeness (QED) is 0.679. The van der Waals surface area contributed by atoms with Gasteiger partial charge in [0.15, 0.2) is 6.29 Å². The second-order valence-electron chi connectivity index (χ2n) is 5.20. The van der Waals surface area contributed by atoms with Crippen LogP contribution in [-0.2, 0) is 16.1 Å². The highest BCUT2D eigenvalue weighted by molar-refractivity contribution is 9.10. The standard InChI is InChI=1S/C18H21BrO3/c1-12-5-6-13(2)17(9-12)22-11-14-10-15(19)7-8-16(14)18(20-3)21-4/h5-10,18H,11H2,1-4H3. The molecule has 0 aliphatic heterocycles. The summed E-state index contributed by atoms with van der Waals surface area (Å²) in [5, 5.41) is 0. The molecule has 0 aliphatic carbocycles. The molecule has 2 aromatic rings. The van der Waals surface area contributed by atoms with Gasteiger partial charge in [-0.1, -0.05) is 34.1 Å². The monoisotopic (exact) mass is 364 g/mol. The summed E-state index contributed by atoms with van der Waals surface area (Å²) in [6.07, 6.45) is -0.398. The number of methoxy groups -OCH3 is 2. The molecule has 22 heavy (non-hydrogen) atoms. The van der Waals surface area contributed by atoms with Crippen LogP contribution >= 0.6 is 15.9 Å². The number of aryl methyl sites for hydroxylation is 2. The molecule has 2 aromatic carbocycles. The fraction of sp³-hybridized carbons (Fsp3) is 0.333. The van der Waals surface area contributed by atoms with E-state index in [1.54, 1.807) is 14.2 Å². The molecule has 0 heterocycles. The molecule has 3 nitrogen and oxygen atoms in total. The Hall–Kier alpha value is -1.36. The third-order valence-corrected chi connectivity index (χ3v) is 4.01. The zero-order chi connectivity index (χ0) is 16.1. The normalized spacial score (nSPS) is 11.0. The van der Waals surface area contributed by atoms with Gasteiger partial charge in [0.1, 0.15) is 12.4 Å². The summed E-state index contributed by atoms with van der Waals surface area (Å²) in [4.78, 5) is 0. The lowest BCUT2D eigenvalue weighted by atomic mass is 10.1. The molecule has 4 heteroatoms. The average Bonchev–Trinajstić information content (AvgIpc) is 2.51.